The van der Waals surface area contributed by atoms with Crippen molar-refractivity contribution >= 4 is 17.3 Å². The summed E-state index contributed by atoms with van der Waals surface area (Å²) < 4.78 is 14.0. The van der Waals surface area contributed by atoms with Crippen LogP contribution in [0.15, 0.2) is 30.3 Å². The Bertz CT molecular complexity index is 725. The number of carbonyl (C=O) groups is 1. The highest BCUT2D eigenvalue weighted by atomic mass is 19.1. The van der Waals surface area contributed by atoms with E-state index in [0.29, 0.717) is 16.9 Å². The summed E-state index contributed by atoms with van der Waals surface area (Å²) in [6.07, 6.45) is 3.27. The van der Waals surface area contributed by atoms with Crippen molar-refractivity contribution in [3.63, 3.8) is 0 Å². The number of nitrogens with one attached hydrogen (secondary N) is 1. The molecule has 0 unspecified atom stereocenters. The van der Waals surface area contributed by atoms with Crippen molar-refractivity contribution in [1.29, 1.82) is 0 Å². The molecule has 2 aromatic rings. The highest BCUT2D eigenvalue weighted by Gasteiger charge is 2.16. The van der Waals surface area contributed by atoms with Crippen molar-refractivity contribution in [2.75, 3.05) is 11.1 Å². The molecule has 2 aromatic carbocycles. The second-order valence-electron chi connectivity index (χ2n) is 5.49. The number of hydrogen-bond acceptors (Lipinski definition) is 2. The van der Waals surface area contributed by atoms with Gasteiger partial charge in [0.2, 0.25) is 0 Å². The van der Waals surface area contributed by atoms with E-state index in [0.717, 1.165) is 19.3 Å². The molecule has 0 radical (unpaired) electrons. The lowest BCUT2D eigenvalue weighted by molar-refractivity contribution is 0.102. The Kier molecular flexibility index (Phi) is 3.37. The van der Waals surface area contributed by atoms with E-state index < -0.39 is 11.7 Å². The Morgan fingerprint density at radius 3 is 2.76 bits per heavy atom. The SMILES string of the molecule is Cc1cc(N)cc(C(=O)Nc2ccc3c(c2)CCC3)c1F. The number of nitrogen functional groups attached to an aromatic ring is 1. The van der Waals surface area contributed by atoms with Crippen molar-refractivity contribution in [1.82, 2.24) is 0 Å². The third-order valence-electron chi connectivity index (χ3n) is 3.88. The van der Waals surface area contributed by atoms with E-state index in [1.54, 1.807) is 6.92 Å². The van der Waals surface area contributed by atoms with Gasteiger partial charge in [0.05, 0.1) is 5.56 Å². The molecular weight excluding hydrogens is 267 g/mol. The van der Waals surface area contributed by atoms with Crippen LogP contribution >= 0.6 is 0 Å². The van der Waals surface area contributed by atoms with Gasteiger partial charge in [0.25, 0.3) is 5.91 Å². The fraction of sp³-hybridized carbons (Fsp3) is 0.235. The smallest absolute Gasteiger partial charge is 0.258 e. The first kappa shape index (κ1) is 13.6. The summed E-state index contributed by atoms with van der Waals surface area (Å²) in [5, 5.41) is 2.75. The van der Waals surface area contributed by atoms with Crippen LogP contribution in [0.5, 0.6) is 0 Å². The fourth-order valence-corrected chi connectivity index (χ4v) is 2.81. The van der Waals surface area contributed by atoms with Crippen molar-refractivity contribution in [3.05, 3.63) is 58.4 Å². The van der Waals surface area contributed by atoms with Crippen molar-refractivity contribution in [3.8, 4) is 0 Å². The zero-order valence-electron chi connectivity index (χ0n) is 11.9. The number of hydrogen-bond donors (Lipinski definition) is 2. The lowest BCUT2D eigenvalue weighted by atomic mass is 10.1. The van der Waals surface area contributed by atoms with Gasteiger partial charge in [-0.2, -0.15) is 0 Å². The van der Waals surface area contributed by atoms with Gasteiger partial charge in [-0.3, -0.25) is 4.79 Å². The molecule has 0 bridgehead atoms. The van der Waals surface area contributed by atoms with Crippen LogP contribution in [-0.4, -0.2) is 5.91 Å². The maximum Gasteiger partial charge on any atom is 0.258 e. The lowest BCUT2D eigenvalue weighted by Gasteiger charge is -2.10. The minimum absolute atomic E-state index is 0.0204. The van der Waals surface area contributed by atoms with Crippen LogP contribution in [0.3, 0.4) is 0 Å². The van der Waals surface area contributed by atoms with Gasteiger partial charge in [0, 0.05) is 11.4 Å². The molecule has 108 valence electrons. The Balaban J connectivity index is 1.87. The van der Waals surface area contributed by atoms with Crippen LogP contribution in [0.25, 0.3) is 0 Å². The van der Waals surface area contributed by atoms with Crippen LogP contribution in [0.2, 0.25) is 0 Å². The molecule has 3 nitrogen and oxygen atoms in total. The third-order valence-corrected chi connectivity index (χ3v) is 3.88. The van der Waals surface area contributed by atoms with E-state index in [9.17, 15) is 9.18 Å². The molecule has 4 heteroatoms. The number of rotatable bonds is 2. The molecule has 3 rings (SSSR count). The monoisotopic (exact) mass is 284 g/mol. The number of amides is 1. The molecular formula is C17H17FN2O. The Morgan fingerprint density at radius 1 is 1.19 bits per heavy atom. The van der Waals surface area contributed by atoms with Gasteiger partial charge < -0.3 is 11.1 Å². The van der Waals surface area contributed by atoms with Gasteiger partial charge in [-0.05, 0) is 67.1 Å². The zero-order valence-corrected chi connectivity index (χ0v) is 11.9. The average Bonchev–Trinajstić information content (AvgIpc) is 2.90. The molecule has 0 spiro atoms. The predicted molar refractivity (Wildman–Crippen MR) is 82.0 cm³/mol. The Labute approximate surface area is 123 Å². The van der Waals surface area contributed by atoms with Gasteiger partial charge in [0.1, 0.15) is 5.82 Å². The highest BCUT2D eigenvalue weighted by molar-refractivity contribution is 6.05. The standard InChI is InChI=1S/C17H17FN2O/c1-10-7-13(19)9-15(16(10)18)17(21)20-14-6-5-11-3-2-4-12(11)8-14/h5-9H,2-4,19H2,1H3,(H,20,21). The number of nitrogens with two attached hydrogens (primary N) is 1. The van der Waals surface area contributed by atoms with Crippen LogP contribution in [0, 0.1) is 12.7 Å². The van der Waals surface area contributed by atoms with E-state index >= 15 is 0 Å². The minimum atomic E-state index is -0.525. The van der Waals surface area contributed by atoms with Gasteiger partial charge in [-0.1, -0.05) is 6.07 Å². The van der Waals surface area contributed by atoms with Crippen molar-refractivity contribution < 1.29 is 9.18 Å². The van der Waals surface area contributed by atoms with E-state index in [4.69, 9.17) is 5.73 Å². The quantitative estimate of drug-likeness (QED) is 0.830. The molecule has 1 amide bonds. The molecule has 0 heterocycles. The van der Waals surface area contributed by atoms with E-state index in [1.165, 1.54) is 23.3 Å². The maximum atomic E-state index is 14.0. The van der Waals surface area contributed by atoms with Gasteiger partial charge in [-0.25, -0.2) is 4.39 Å². The summed E-state index contributed by atoms with van der Waals surface area (Å²) >= 11 is 0. The molecule has 0 saturated carbocycles. The molecule has 0 atom stereocenters. The molecule has 3 N–H and O–H groups in total. The topological polar surface area (TPSA) is 55.1 Å². The minimum Gasteiger partial charge on any atom is -0.399 e. The van der Waals surface area contributed by atoms with Crippen molar-refractivity contribution in [2.24, 2.45) is 0 Å². The van der Waals surface area contributed by atoms with E-state index in [1.807, 2.05) is 18.2 Å². The first-order valence-corrected chi connectivity index (χ1v) is 7.03. The molecule has 0 aromatic heterocycles. The van der Waals surface area contributed by atoms with Gasteiger partial charge in [0.15, 0.2) is 0 Å². The van der Waals surface area contributed by atoms with Gasteiger partial charge in [-0.15, -0.1) is 0 Å². The number of fused-ring (bicyclic) bond motifs is 1. The number of benzene rings is 2. The van der Waals surface area contributed by atoms with Crippen molar-refractivity contribution in [2.45, 2.75) is 26.2 Å². The second-order valence-corrected chi connectivity index (χ2v) is 5.49. The van der Waals surface area contributed by atoms with E-state index in [2.05, 4.69) is 5.32 Å². The molecule has 0 aliphatic heterocycles. The van der Waals surface area contributed by atoms with Gasteiger partial charge >= 0.3 is 0 Å². The second kappa shape index (κ2) is 5.20. The number of carbonyl (C=O) groups excluding carboxylic acids is 1. The number of aryl methyl sites for hydroxylation is 3. The van der Waals surface area contributed by atoms with Crippen LogP contribution in [0.1, 0.15) is 33.5 Å². The van der Waals surface area contributed by atoms with Crippen LogP contribution < -0.4 is 11.1 Å². The normalized spacial score (nSPS) is 13.0. The zero-order chi connectivity index (χ0) is 15.0. The summed E-state index contributed by atoms with van der Waals surface area (Å²) in [5.74, 6) is -0.997. The summed E-state index contributed by atoms with van der Waals surface area (Å²) in [5.41, 5.74) is 9.71. The predicted octanol–water partition coefficient (Wildman–Crippen LogP) is 3.46. The van der Waals surface area contributed by atoms with Crippen LogP contribution in [0.4, 0.5) is 15.8 Å². The molecule has 0 saturated heterocycles. The Hall–Kier alpha value is -2.36. The summed E-state index contributed by atoms with van der Waals surface area (Å²) in [6.45, 7) is 1.60. The lowest BCUT2D eigenvalue weighted by Crippen LogP contribution is -2.15. The first-order valence-electron chi connectivity index (χ1n) is 7.03. The highest BCUT2D eigenvalue weighted by Crippen LogP contribution is 2.25. The molecule has 21 heavy (non-hydrogen) atoms. The van der Waals surface area contributed by atoms with Crippen LogP contribution in [-0.2, 0) is 12.8 Å². The molecule has 1 aliphatic carbocycles. The average molecular weight is 284 g/mol. The summed E-state index contributed by atoms with van der Waals surface area (Å²) in [7, 11) is 0. The number of halogens is 1. The molecule has 0 fully saturated rings. The third kappa shape index (κ3) is 2.61. The maximum absolute atomic E-state index is 14.0. The number of anilines is 2. The Morgan fingerprint density at radius 2 is 1.95 bits per heavy atom. The summed E-state index contributed by atoms with van der Waals surface area (Å²) in [6, 6.07) is 8.74. The molecule has 1 aliphatic rings. The first-order chi connectivity index (χ1) is 10.0. The fourth-order valence-electron chi connectivity index (χ4n) is 2.81. The summed E-state index contributed by atoms with van der Waals surface area (Å²) in [4.78, 5) is 12.2. The largest absolute Gasteiger partial charge is 0.399 e. The van der Waals surface area contributed by atoms with E-state index in [-0.39, 0.29) is 5.56 Å².